The molecule has 1 atom stereocenters. The van der Waals surface area contributed by atoms with Crippen molar-refractivity contribution in [3.8, 4) is 17.0 Å². The molecule has 0 aliphatic rings. The fourth-order valence-corrected chi connectivity index (χ4v) is 3.31. The van der Waals surface area contributed by atoms with Crippen molar-refractivity contribution in [3.63, 3.8) is 0 Å². The Hall–Kier alpha value is -3.46. The highest BCUT2D eigenvalue weighted by Gasteiger charge is 2.20. The lowest BCUT2D eigenvalue weighted by Gasteiger charge is -2.16. The number of aromatic nitrogens is 1. The molecule has 0 spiro atoms. The lowest BCUT2D eigenvalue weighted by molar-refractivity contribution is -0.384. The number of ether oxygens (including phenoxy) is 1. The van der Waals surface area contributed by atoms with E-state index in [0.717, 1.165) is 22.0 Å². The predicted octanol–water partition coefficient (Wildman–Crippen LogP) is 4.47. The molecule has 0 radical (unpaired) electrons. The van der Waals surface area contributed by atoms with Crippen molar-refractivity contribution < 1.29 is 14.5 Å². The van der Waals surface area contributed by atoms with Crippen molar-refractivity contribution in [2.24, 2.45) is 0 Å². The van der Waals surface area contributed by atoms with E-state index in [1.807, 2.05) is 36.6 Å². The standard InChI is InChI=1S/C20H20N4O4S/c1-12(20(25)23-17-9-8-16(28-3)10-19(17)24(26)27)21-15-6-4-14(5-7-15)18-11-29-13(2)22-18/h4-12,21H,1-3H3,(H,23,25). The molecular formula is C20H20N4O4S. The smallest absolute Gasteiger partial charge is 0.296 e. The Morgan fingerprint density at radius 1 is 1.24 bits per heavy atom. The molecule has 2 aromatic carbocycles. The van der Waals surface area contributed by atoms with Crippen LogP contribution in [0.25, 0.3) is 11.3 Å². The summed E-state index contributed by atoms with van der Waals surface area (Å²) in [5.74, 6) is -0.0475. The minimum atomic E-state index is -0.607. The van der Waals surface area contributed by atoms with Gasteiger partial charge in [-0.3, -0.25) is 14.9 Å². The molecule has 2 N–H and O–H groups in total. The van der Waals surface area contributed by atoms with Gasteiger partial charge in [-0.15, -0.1) is 11.3 Å². The fraction of sp³-hybridized carbons (Fsp3) is 0.200. The Balaban J connectivity index is 1.67. The van der Waals surface area contributed by atoms with Crippen LogP contribution in [0, 0.1) is 17.0 Å². The van der Waals surface area contributed by atoms with Gasteiger partial charge in [-0.05, 0) is 38.1 Å². The second-order valence-corrected chi connectivity index (χ2v) is 7.39. The van der Waals surface area contributed by atoms with Gasteiger partial charge in [0, 0.05) is 16.6 Å². The van der Waals surface area contributed by atoms with Crippen molar-refractivity contribution >= 4 is 34.3 Å². The molecular weight excluding hydrogens is 392 g/mol. The number of carbonyl (C=O) groups excluding carboxylic acids is 1. The maximum Gasteiger partial charge on any atom is 0.296 e. The van der Waals surface area contributed by atoms with Gasteiger partial charge in [0.05, 0.1) is 28.8 Å². The average molecular weight is 412 g/mol. The molecule has 150 valence electrons. The van der Waals surface area contributed by atoms with Crippen molar-refractivity contribution in [1.82, 2.24) is 4.98 Å². The van der Waals surface area contributed by atoms with Crippen LogP contribution in [-0.4, -0.2) is 29.0 Å². The molecule has 1 unspecified atom stereocenters. The molecule has 0 aliphatic heterocycles. The molecule has 8 nitrogen and oxygen atoms in total. The summed E-state index contributed by atoms with van der Waals surface area (Å²) >= 11 is 1.59. The Morgan fingerprint density at radius 2 is 1.97 bits per heavy atom. The van der Waals surface area contributed by atoms with E-state index in [2.05, 4.69) is 15.6 Å². The number of anilines is 2. The SMILES string of the molecule is COc1ccc(NC(=O)C(C)Nc2ccc(-c3csc(C)n3)cc2)c([N+](=O)[O-])c1. The Kier molecular flexibility index (Phi) is 6.08. The first kappa shape index (κ1) is 20.3. The van der Waals surface area contributed by atoms with E-state index in [1.165, 1.54) is 19.2 Å². The molecule has 1 amide bonds. The second kappa shape index (κ2) is 8.70. The zero-order valence-electron chi connectivity index (χ0n) is 16.1. The monoisotopic (exact) mass is 412 g/mol. The van der Waals surface area contributed by atoms with E-state index in [4.69, 9.17) is 4.74 Å². The predicted molar refractivity (Wildman–Crippen MR) is 114 cm³/mol. The summed E-state index contributed by atoms with van der Waals surface area (Å²) in [6.45, 7) is 3.64. The molecule has 1 aromatic heterocycles. The van der Waals surface area contributed by atoms with E-state index in [1.54, 1.807) is 24.3 Å². The normalized spacial score (nSPS) is 11.6. The van der Waals surface area contributed by atoms with Crippen LogP contribution in [0.5, 0.6) is 5.75 Å². The first-order valence-electron chi connectivity index (χ1n) is 8.80. The molecule has 0 saturated heterocycles. The quantitative estimate of drug-likeness (QED) is 0.438. The van der Waals surface area contributed by atoms with Gasteiger partial charge >= 0.3 is 0 Å². The van der Waals surface area contributed by atoms with Crippen LogP contribution < -0.4 is 15.4 Å². The fourth-order valence-electron chi connectivity index (χ4n) is 2.68. The van der Waals surface area contributed by atoms with Crippen LogP contribution in [0.1, 0.15) is 11.9 Å². The van der Waals surface area contributed by atoms with Crippen LogP contribution in [0.2, 0.25) is 0 Å². The number of carbonyl (C=O) groups is 1. The topological polar surface area (TPSA) is 106 Å². The third-order valence-corrected chi connectivity index (χ3v) is 5.01. The van der Waals surface area contributed by atoms with E-state index >= 15 is 0 Å². The molecule has 0 aliphatic carbocycles. The van der Waals surface area contributed by atoms with Crippen molar-refractivity contribution in [1.29, 1.82) is 0 Å². The van der Waals surface area contributed by atoms with Gasteiger partial charge < -0.3 is 15.4 Å². The molecule has 3 rings (SSSR count). The van der Waals surface area contributed by atoms with E-state index in [-0.39, 0.29) is 11.4 Å². The third kappa shape index (κ3) is 4.88. The molecule has 9 heteroatoms. The highest BCUT2D eigenvalue weighted by atomic mass is 32.1. The number of rotatable bonds is 7. The number of methoxy groups -OCH3 is 1. The largest absolute Gasteiger partial charge is 0.496 e. The van der Waals surface area contributed by atoms with E-state index in [9.17, 15) is 14.9 Å². The van der Waals surface area contributed by atoms with E-state index < -0.39 is 16.9 Å². The van der Waals surface area contributed by atoms with Gasteiger partial charge in [-0.25, -0.2) is 4.98 Å². The second-order valence-electron chi connectivity index (χ2n) is 6.32. The average Bonchev–Trinajstić information content (AvgIpc) is 3.15. The summed E-state index contributed by atoms with van der Waals surface area (Å²) in [6, 6.07) is 11.3. The summed E-state index contributed by atoms with van der Waals surface area (Å²) in [4.78, 5) is 27.7. The highest BCUT2D eigenvalue weighted by Crippen LogP contribution is 2.29. The molecule has 1 heterocycles. The van der Waals surface area contributed by atoms with Crippen molar-refractivity contribution in [2.75, 3.05) is 17.7 Å². The van der Waals surface area contributed by atoms with Gasteiger partial charge in [-0.2, -0.15) is 0 Å². The van der Waals surface area contributed by atoms with Crippen LogP contribution in [0.3, 0.4) is 0 Å². The lowest BCUT2D eigenvalue weighted by Crippen LogP contribution is -2.32. The zero-order valence-corrected chi connectivity index (χ0v) is 16.9. The first-order valence-corrected chi connectivity index (χ1v) is 9.67. The molecule has 0 fully saturated rings. The Bertz CT molecular complexity index is 1030. The number of aryl methyl sites for hydroxylation is 1. The molecule has 0 saturated carbocycles. The first-order chi connectivity index (χ1) is 13.9. The van der Waals surface area contributed by atoms with Gasteiger partial charge in [0.1, 0.15) is 17.5 Å². The van der Waals surface area contributed by atoms with Crippen LogP contribution >= 0.6 is 11.3 Å². The van der Waals surface area contributed by atoms with Crippen LogP contribution in [-0.2, 0) is 4.79 Å². The number of hydrogen-bond donors (Lipinski definition) is 2. The summed E-state index contributed by atoms with van der Waals surface area (Å²) < 4.78 is 5.00. The summed E-state index contributed by atoms with van der Waals surface area (Å²) in [5.41, 5.74) is 2.55. The van der Waals surface area contributed by atoms with Gasteiger partial charge in [0.2, 0.25) is 5.91 Å². The highest BCUT2D eigenvalue weighted by molar-refractivity contribution is 7.09. The van der Waals surface area contributed by atoms with Crippen LogP contribution in [0.4, 0.5) is 17.1 Å². The third-order valence-electron chi connectivity index (χ3n) is 4.24. The number of nitrogens with one attached hydrogen (secondary N) is 2. The number of nitro benzene ring substituents is 1. The maximum atomic E-state index is 12.5. The minimum Gasteiger partial charge on any atom is -0.496 e. The maximum absolute atomic E-state index is 12.5. The molecule has 0 bridgehead atoms. The Labute approximate surface area is 171 Å². The van der Waals surface area contributed by atoms with Gasteiger partial charge in [0.25, 0.3) is 5.69 Å². The van der Waals surface area contributed by atoms with E-state index in [0.29, 0.717) is 5.75 Å². The van der Waals surface area contributed by atoms with Crippen LogP contribution in [0.15, 0.2) is 47.8 Å². The zero-order chi connectivity index (χ0) is 21.0. The number of nitrogens with zero attached hydrogens (tertiary/aromatic N) is 2. The summed E-state index contributed by atoms with van der Waals surface area (Å²) in [7, 11) is 1.42. The van der Waals surface area contributed by atoms with Crippen molar-refractivity contribution in [3.05, 3.63) is 63.0 Å². The lowest BCUT2D eigenvalue weighted by atomic mass is 10.1. The number of amides is 1. The molecule has 3 aromatic rings. The minimum absolute atomic E-state index is 0.115. The number of benzene rings is 2. The van der Waals surface area contributed by atoms with Crippen molar-refractivity contribution in [2.45, 2.75) is 19.9 Å². The van der Waals surface area contributed by atoms with Gasteiger partial charge in [-0.1, -0.05) is 12.1 Å². The van der Waals surface area contributed by atoms with Gasteiger partial charge in [0.15, 0.2) is 0 Å². The number of nitro groups is 1. The number of hydrogen-bond acceptors (Lipinski definition) is 7. The Morgan fingerprint density at radius 3 is 2.55 bits per heavy atom. The summed E-state index contributed by atoms with van der Waals surface area (Å²) in [6.07, 6.45) is 0. The summed E-state index contributed by atoms with van der Waals surface area (Å²) in [5, 5.41) is 19.9. The molecule has 29 heavy (non-hydrogen) atoms. The number of thiazole rings is 1.